The van der Waals surface area contributed by atoms with Gasteiger partial charge in [0.2, 0.25) is 5.91 Å². The lowest BCUT2D eigenvalue weighted by Gasteiger charge is -2.02. The minimum atomic E-state index is 0.0718. The lowest BCUT2D eigenvalue weighted by molar-refractivity contribution is -0.121. The van der Waals surface area contributed by atoms with Gasteiger partial charge in [-0.15, -0.1) is 6.58 Å². The summed E-state index contributed by atoms with van der Waals surface area (Å²) in [5, 5.41) is 2.82. The molecule has 1 amide bonds. The van der Waals surface area contributed by atoms with Gasteiger partial charge in [-0.05, 0) is 25.0 Å². The number of carbonyl (C=O) groups is 1. The first-order chi connectivity index (χ1) is 7.33. The average Bonchev–Trinajstić information content (AvgIpc) is 2.28. The topological polar surface area (TPSA) is 42.0 Å². The highest BCUT2D eigenvalue weighted by molar-refractivity contribution is 5.76. The third-order valence-electron chi connectivity index (χ3n) is 2.00. The van der Waals surface area contributed by atoms with Crippen molar-refractivity contribution in [3.8, 4) is 0 Å². The molecule has 1 N–H and O–H groups in total. The molecule has 0 atom stereocenters. The highest BCUT2D eigenvalue weighted by atomic mass is 16.1. The quantitative estimate of drug-likeness (QED) is 0.566. The molecule has 0 aromatic carbocycles. The largest absolute Gasteiger partial charge is 0.356 e. The van der Waals surface area contributed by atoms with Crippen LogP contribution >= 0.6 is 0 Å². The summed E-state index contributed by atoms with van der Waals surface area (Å²) in [5.41, 5.74) is 0.955. The van der Waals surface area contributed by atoms with E-state index in [1.807, 2.05) is 18.2 Å². The van der Waals surface area contributed by atoms with E-state index in [1.54, 1.807) is 12.3 Å². The lowest BCUT2D eigenvalue weighted by atomic mass is 10.2. The van der Waals surface area contributed by atoms with Crippen LogP contribution < -0.4 is 5.32 Å². The summed E-state index contributed by atoms with van der Waals surface area (Å²) < 4.78 is 0. The molecule has 0 fully saturated rings. The molecule has 0 unspecified atom stereocenters. The van der Waals surface area contributed by atoms with Gasteiger partial charge in [0.05, 0.1) is 0 Å². The highest BCUT2D eigenvalue weighted by Crippen LogP contribution is 1.97. The molecule has 15 heavy (non-hydrogen) atoms. The van der Waals surface area contributed by atoms with Crippen LogP contribution in [0.5, 0.6) is 0 Å². The Morgan fingerprint density at radius 3 is 3.07 bits per heavy atom. The van der Waals surface area contributed by atoms with Gasteiger partial charge in [-0.1, -0.05) is 12.1 Å². The molecule has 1 heterocycles. The maximum atomic E-state index is 11.3. The molecule has 0 aliphatic heterocycles. The fraction of sp³-hybridized carbons (Fsp3) is 0.333. The molecule has 3 heteroatoms. The summed E-state index contributed by atoms with van der Waals surface area (Å²) in [6, 6.07) is 5.72. The van der Waals surface area contributed by atoms with Gasteiger partial charge >= 0.3 is 0 Å². The van der Waals surface area contributed by atoms with Crippen molar-refractivity contribution in [3.05, 3.63) is 42.7 Å². The Hall–Kier alpha value is -1.64. The van der Waals surface area contributed by atoms with Gasteiger partial charge in [-0.2, -0.15) is 0 Å². The van der Waals surface area contributed by atoms with E-state index in [0.717, 1.165) is 12.1 Å². The minimum Gasteiger partial charge on any atom is -0.356 e. The van der Waals surface area contributed by atoms with Crippen molar-refractivity contribution in [1.82, 2.24) is 10.3 Å². The Balaban J connectivity index is 2.20. The van der Waals surface area contributed by atoms with E-state index in [9.17, 15) is 4.79 Å². The van der Waals surface area contributed by atoms with Crippen molar-refractivity contribution in [1.29, 1.82) is 0 Å². The second-order valence-electron chi connectivity index (χ2n) is 3.25. The Morgan fingerprint density at radius 2 is 2.40 bits per heavy atom. The van der Waals surface area contributed by atoms with Crippen molar-refractivity contribution in [3.63, 3.8) is 0 Å². The zero-order valence-corrected chi connectivity index (χ0v) is 8.78. The Morgan fingerprint density at radius 1 is 1.53 bits per heavy atom. The number of pyridine rings is 1. The number of hydrogen-bond donors (Lipinski definition) is 1. The molecule has 1 rings (SSSR count). The molecule has 0 saturated heterocycles. The van der Waals surface area contributed by atoms with Crippen LogP contribution in [0.1, 0.15) is 18.5 Å². The van der Waals surface area contributed by atoms with E-state index >= 15 is 0 Å². The molecule has 1 aromatic heterocycles. The lowest BCUT2D eigenvalue weighted by Crippen LogP contribution is -2.24. The fourth-order valence-corrected chi connectivity index (χ4v) is 1.19. The predicted octanol–water partition coefficient (Wildman–Crippen LogP) is 1.71. The molecular formula is C12H16N2O. The Labute approximate surface area is 90.2 Å². The number of amides is 1. The van der Waals surface area contributed by atoms with Crippen molar-refractivity contribution >= 4 is 5.91 Å². The standard InChI is InChI=1S/C12H16N2O/c1-2-3-9-14-12(15)8-7-11-6-4-5-10-13-11/h2,4-6,10H,1,3,7-9H2,(H,14,15). The first-order valence-corrected chi connectivity index (χ1v) is 5.10. The normalized spacial score (nSPS) is 9.60. The van der Waals surface area contributed by atoms with Gasteiger partial charge in [0, 0.05) is 24.9 Å². The summed E-state index contributed by atoms with van der Waals surface area (Å²) in [6.45, 7) is 4.26. The van der Waals surface area contributed by atoms with Gasteiger partial charge in [0.25, 0.3) is 0 Å². The van der Waals surface area contributed by atoms with E-state index in [-0.39, 0.29) is 5.91 Å². The van der Waals surface area contributed by atoms with Crippen LogP contribution in [-0.4, -0.2) is 17.4 Å². The van der Waals surface area contributed by atoms with Crippen LogP contribution in [0.3, 0.4) is 0 Å². The summed E-state index contributed by atoms with van der Waals surface area (Å²) in [7, 11) is 0. The zero-order valence-electron chi connectivity index (χ0n) is 8.78. The van der Waals surface area contributed by atoms with Gasteiger partial charge in [0.1, 0.15) is 0 Å². The third kappa shape index (κ3) is 4.96. The zero-order chi connectivity index (χ0) is 10.9. The fourth-order valence-electron chi connectivity index (χ4n) is 1.19. The van der Waals surface area contributed by atoms with E-state index < -0.39 is 0 Å². The summed E-state index contributed by atoms with van der Waals surface area (Å²) >= 11 is 0. The molecule has 0 saturated carbocycles. The van der Waals surface area contributed by atoms with Crippen molar-refractivity contribution in [2.75, 3.05) is 6.54 Å². The Kier molecular flexibility index (Phi) is 5.15. The summed E-state index contributed by atoms with van der Waals surface area (Å²) in [6.07, 6.45) is 5.54. The average molecular weight is 204 g/mol. The Bertz CT molecular complexity index is 309. The number of aromatic nitrogens is 1. The number of hydrogen-bond acceptors (Lipinski definition) is 2. The van der Waals surface area contributed by atoms with Gasteiger partial charge in [0.15, 0.2) is 0 Å². The van der Waals surface area contributed by atoms with Crippen LogP contribution in [0.2, 0.25) is 0 Å². The molecular weight excluding hydrogens is 188 g/mol. The number of nitrogens with zero attached hydrogens (tertiary/aromatic N) is 1. The van der Waals surface area contributed by atoms with Crippen LogP contribution in [0.4, 0.5) is 0 Å². The predicted molar refractivity (Wildman–Crippen MR) is 60.4 cm³/mol. The second kappa shape index (κ2) is 6.76. The molecule has 0 radical (unpaired) electrons. The first-order valence-electron chi connectivity index (χ1n) is 5.10. The molecule has 80 valence electrons. The number of rotatable bonds is 6. The molecule has 1 aromatic rings. The van der Waals surface area contributed by atoms with Gasteiger partial charge in [-0.25, -0.2) is 0 Å². The monoisotopic (exact) mass is 204 g/mol. The second-order valence-corrected chi connectivity index (χ2v) is 3.25. The van der Waals surface area contributed by atoms with Gasteiger partial charge < -0.3 is 5.32 Å². The van der Waals surface area contributed by atoms with Crippen LogP contribution in [-0.2, 0) is 11.2 Å². The van der Waals surface area contributed by atoms with Crippen molar-refractivity contribution in [2.45, 2.75) is 19.3 Å². The maximum absolute atomic E-state index is 11.3. The summed E-state index contributed by atoms with van der Waals surface area (Å²) in [4.78, 5) is 15.5. The summed E-state index contributed by atoms with van der Waals surface area (Å²) in [5.74, 6) is 0.0718. The molecule has 0 bridgehead atoms. The van der Waals surface area contributed by atoms with Crippen LogP contribution in [0.15, 0.2) is 37.1 Å². The first kappa shape index (κ1) is 11.4. The number of carbonyl (C=O) groups excluding carboxylic acids is 1. The highest BCUT2D eigenvalue weighted by Gasteiger charge is 2.01. The van der Waals surface area contributed by atoms with E-state index in [1.165, 1.54) is 0 Å². The van der Waals surface area contributed by atoms with E-state index in [0.29, 0.717) is 19.4 Å². The molecule has 0 aliphatic carbocycles. The number of aryl methyl sites for hydroxylation is 1. The van der Waals surface area contributed by atoms with Crippen LogP contribution in [0, 0.1) is 0 Å². The van der Waals surface area contributed by atoms with Gasteiger partial charge in [-0.3, -0.25) is 9.78 Å². The maximum Gasteiger partial charge on any atom is 0.220 e. The smallest absolute Gasteiger partial charge is 0.220 e. The van der Waals surface area contributed by atoms with Crippen molar-refractivity contribution < 1.29 is 4.79 Å². The number of nitrogens with one attached hydrogen (secondary N) is 1. The van der Waals surface area contributed by atoms with E-state index in [2.05, 4.69) is 16.9 Å². The third-order valence-corrected chi connectivity index (χ3v) is 2.00. The van der Waals surface area contributed by atoms with E-state index in [4.69, 9.17) is 0 Å². The van der Waals surface area contributed by atoms with Crippen LogP contribution in [0.25, 0.3) is 0 Å². The minimum absolute atomic E-state index is 0.0718. The molecule has 0 spiro atoms. The van der Waals surface area contributed by atoms with Crippen molar-refractivity contribution in [2.24, 2.45) is 0 Å². The SMILES string of the molecule is C=CCCNC(=O)CCc1ccccn1. The molecule has 3 nitrogen and oxygen atoms in total. The molecule has 0 aliphatic rings.